The first-order valence-corrected chi connectivity index (χ1v) is 7.84. The van der Waals surface area contributed by atoms with Gasteiger partial charge < -0.3 is 10.2 Å². The Labute approximate surface area is 131 Å². The third-order valence-electron chi connectivity index (χ3n) is 3.67. The van der Waals surface area contributed by atoms with Gasteiger partial charge in [-0.1, -0.05) is 0 Å². The van der Waals surface area contributed by atoms with Crippen LogP contribution in [0, 0.1) is 11.7 Å². The summed E-state index contributed by atoms with van der Waals surface area (Å²) in [5.74, 6) is -0.608. The molecule has 1 fully saturated rings. The maximum Gasteiger partial charge on any atom is 0.253 e. The summed E-state index contributed by atoms with van der Waals surface area (Å²) in [6, 6.07) is 4.37. The number of amides is 2. The number of rotatable bonds is 3. The van der Waals surface area contributed by atoms with Gasteiger partial charge in [-0.2, -0.15) is 0 Å². The molecule has 0 saturated carbocycles. The molecule has 0 bridgehead atoms. The molecule has 0 atom stereocenters. The van der Waals surface area contributed by atoms with Crippen LogP contribution < -0.4 is 5.32 Å². The number of hydrogen-bond acceptors (Lipinski definition) is 2. The zero-order valence-corrected chi connectivity index (χ0v) is 13.5. The molecule has 2 amide bonds. The summed E-state index contributed by atoms with van der Waals surface area (Å²) in [6.07, 6.45) is 1.30. The predicted octanol–water partition coefficient (Wildman–Crippen LogP) is 2.58. The van der Waals surface area contributed by atoms with Crippen LogP contribution in [-0.2, 0) is 4.79 Å². The Bertz CT molecular complexity index is 542. The quantitative estimate of drug-likeness (QED) is 0.904. The largest absolute Gasteiger partial charge is 0.356 e. The molecule has 6 heteroatoms. The van der Waals surface area contributed by atoms with Gasteiger partial charge in [-0.3, -0.25) is 9.59 Å². The Morgan fingerprint density at radius 1 is 1.38 bits per heavy atom. The van der Waals surface area contributed by atoms with Crippen LogP contribution in [0.25, 0.3) is 0 Å². The topological polar surface area (TPSA) is 49.4 Å². The molecular weight excluding hydrogens is 339 g/mol. The second-order valence-electron chi connectivity index (χ2n) is 5.09. The van der Waals surface area contributed by atoms with Gasteiger partial charge in [-0.25, -0.2) is 4.39 Å². The normalized spacial score (nSPS) is 15.9. The summed E-state index contributed by atoms with van der Waals surface area (Å²) in [4.78, 5) is 25.7. The van der Waals surface area contributed by atoms with E-state index in [-0.39, 0.29) is 17.7 Å². The lowest BCUT2D eigenvalue weighted by Gasteiger charge is -2.31. The number of nitrogens with one attached hydrogen (secondary N) is 1. The molecule has 1 heterocycles. The second-order valence-corrected chi connectivity index (χ2v) is 5.94. The van der Waals surface area contributed by atoms with E-state index in [1.807, 2.05) is 6.92 Å². The molecule has 1 N–H and O–H groups in total. The van der Waals surface area contributed by atoms with Crippen molar-refractivity contribution in [1.82, 2.24) is 10.2 Å². The number of likely N-dealkylation sites (tertiary alicyclic amines) is 1. The van der Waals surface area contributed by atoms with Crippen LogP contribution in [0.4, 0.5) is 4.39 Å². The average molecular weight is 357 g/mol. The van der Waals surface area contributed by atoms with Crippen molar-refractivity contribution in [2.45, 2.75) is 19.8 Å². The molecule has 2 rings (SSSR count). The maximum absolute atomic E-state index is 13.5. The number of halogens is 2. The summed E-state index contributed by atoms with van der Waals surface area (Å²) in [5.41, 5.74) is 0.340. The monoisotopic (exact) mass is 356 g/mol. The zero-order valence-electron chi connectivity index (χ0n) is 11.9. The van der Waals surface area contributed by atoms with Crippen molar-refractivity contribution in [2.75, 3.05) is 19.6 Å². The SMILES string of the molecule is CCNC(=O)C1CCN(C(=O)c2ccc(Br)c(F)c2)CC1. The van der Waals surface area contributed by atoms with Gasteiger partial charge >= 0.3 is 0 Å². The highest BCUT2D eigenvalue weighted by atomic mass is 79.9. The van der Waals surface area contributed by atoms with Crippen molar-refractivity contribution in [3.05, 3.63) is 34.1 Å². The van der Waals surface area contributed by atoms with Gasteiger partial charge in [0.1, 0.15) is 5.82 Å². The van der Waals surface area contributed by atoms with E-state index in [1.165, 1.54) is 12.1 Å². The highest BCUT2D eigenvalue weighted by Gasteiger charge is 2.27. The predicted molar refractivity (Wildman–Crippen MR) is 81.4 cm³/mol. The van der Waals surface area contributed by atoms with E-state index in [0.717, 1.165) is 0 Å². The molecule has 0 radical (unpaired) electrons. The van der Waals surface area contributed by atoms with Gasteiger partial charge in [0.05, 0.1) is 4.47 Å². The molecule has 0 aromatic heterocycles. The van der Waals surface area contributed by atoms with E-state index in [9.17, 15) is 14.0 Å². The number of nitrogens with zero attached hydrogens (tertiary/aromatic N) is 1. The molecule has 4 nitrogen and oxygen atoms in total. The van der Waals surface area contributed by atoms with Gasteiger partial charge in [0, 0.05) is 31.1 Å². The number of piperidine rings is 1. The molecule has 0 spiro atoms. The van der Waals surface area contributed by atoms with Crippen molar-refractivity contribution in [3.63, 3.8) is 0 Å². The molecule has 21 heavy (non-hydrogen) atoms. The Kier molecular flexibility index (Phi) is 5.33. The van der Waals surface area contributed by atoms with Gasteiger partial charge in [0.2, 0.25) is 5.91 Å². The fourth-order valence-electron chi connectivity index (χ4n) is 2.48. The lowest BCUT2D eigenvalue weighted by molar-refractivity contribution is -0.126. The lowest BCUT2D eigenvalue weighted by Crippen LogP contribution is -2.43. The first-order valence-electron chi connectivity index (χ1n) is 7.05. The molecule has 1 aromatic rings. The molecule has 1 aliphatic heterocycles. The smallest absolute Gasteiger partial charge is 0.253 e. The van der Waals surface area contributed by atoms with Crippen LogP contribution in [-0.4, -0.2) is 36.3 Å². The van der Waals surface area contributed by atoms with Gasteiger partial charge in [0.15, 0.2) is 0 Å². The minimum absolute atomic E-state index is 0.0318. The number of hydrogen-bond donors (Lipinski definition) is 1. The molecular formula is C15H18BrFN2O2. The van der Waals surface area contributed by atoms with Crippen LogP contribution in [0.5, 0.6) is 0 Å². The number of carbonyl (C=O) groups is 2. The van der Waals surface area contributed by atoms with E-state index >= 15 is 0 Å². The molecule has 0 unspecified atom stereocenters. The highest BCUT2D eigenvalue weighted by Crippen LogP contribution is 2.21. The minimum Gasteiger partial charge on any atom is -0.356 e. The van der Waals surface area contributed by atoms with Crippen molar-refractivity contribution in [2.24, 2.45) is 5.92 Å². The first-order chi connectivity index (χ1) is 10.0. The lowest BCUT2D eigenvalue weighted by atomic mass is 9.95. The van der Waals surface area contributed by atoms with Crippen LogP contribution in [0.1, 0.15) is 30.1 Å². The van der Waals surface area contributed by atoms with Crippen LogP contribution in [0.3, 0.4) is 0 Å². The Hall–Kier alpha value is -1.43. The summed E-state index contributed by atoms with van der Waals surface area (Å²) in [7, 11) is 0. The van der Waals surface area contributed by atoms with Crippen molar-refractivity contribution in [3.8, 4) is 0 Å². The van der Waals surface area contributed by atoms with Gasteiger partial charge in [0.25, 0.3) is 5.91 Å². The summed E-state index contributed by atoms with van der Waals surface area (Å²) in [5, 5.41) is 2.81. The Morgan fingerprint density at radius 3 is 2.62 bits per heavy atom. The zero-order chi connectivity index (χ0) is 15.4. The summed E-state index contributed by atoms with van der Waals surface area (Å²) >= 11 is 3.07. The van der Waals surface area contributed by atoms with Crippen molar-refractivity contribution >= 4 is 27.7 Å². The third-order valence-corrected chi connectivity index (χ3v) is 4.31. The molecule has 1 saturated heterocycles. The molecule has 0 aliphatic carbocycles. The second kappa shape index (κ2) is 7.02. The summed E-state index contributed by atoms with van der Waals surface area (Å²) < 4.78 is 13.8. The van der Waals surface area contributed by atoms with Crippen LogP contribution in [0.2, 0.25) is 0 Å². The maximum atomic E-state index is 13.5. The van der Waals surface area contributed by atoms with E-state index in [4.69, 9.17) is 0 Å². The summed E-state index contributed by atoms with van der Waals surface area (Å²) in [6.45, 7) is 3.56. The van der Waals surface area contributed by atoms with E-state index in [2.05, 4.69) is 21.2 Å². The first kappa shape index (κ1) is 15.9. The third kappa shape index (κ3) is 3.81. The van der Waals surface area contributed by atoms with Gasteiger partial charge in [-0.15, -0.1) is 0 Å². The fraction of sp³-hybridized carbons (Fsp3) is 0.467. The average Bonchev–Trinajstić information content (AvgIpc) is 2.50. The Morgan fingerprint density at radius 2 is 2.05 bits per heavy atom. The van der Waals surface area contributed by atoms with Gasteiger partial charge in [-0.05, 0) is 53.9 Å². The highest BCUT2D eigenvalue weighted by molar-refractivity contribution is 9.10. The van der Waals surface area contributed by atoms with E-state index < -0.39 is 5.82 Å². The fourth-order valence-corrected chi connectivity index (χ4v) is 2.72. The van der Waals surface area contributed by atoms with Crippen molar-refractivity contribution in [1.29, 1.82) is 0 Å². The molecule has 1 aromatic carbocycles. The van der Waals surface area contributed by atoms with Crippen LogP contribution >= 0.6 is 15.9 Å². The molecule has 1 aliphatic rings. The number of benzene rings is 1. The minimum atomic E-state index is -0.446. The standard InChI is InChI=1S/C15H18BrFN2O2/c1-2-18-14(20)10-5-7-19(8-6-10)15(21)11-3-4-12(16)13(17)9-11/h3-4,9-10H,2,5-8H2,1H3,(H,18,20). The van der Waals surface area contributed by atoms with E-state index in [1.54, 1.807) is 11.0 Å². The molecule has 114 valence electrons. The van der Waals surface area contributed by atoms with Crippen LogP contribution in [0.15, 0.2) is 22.7 Å². The van der Waals surface area contributed by atoms with Crippen molar-refractivity contribution < 1.29 is 14.0 Å². The Balaban J connectivity index is 1.97. The van der Waals surface area contributed by atoms with E-state index in [0.29, 0.717) is 42.5 Å². The number of carbonyl (C=O) groups excluding carboxylic acids is 2.